The van der Waals surface area contributed by atoms with E-state index in [-0.39, 0.29) is 11.7 Å². The monoisotopic (exact) mass is 519 g/mol. The average Bonchev–Trinajstić information content (AvgIpc) is 3.61. The van der Waals surface area contributed by atoms with Gasteiger partial charge in [0.15, 0.2) is 22.5 Å². The van der Waals surface area contributed by atoms with E-state index < -0.39 is 0 Å². The van der Waals surface area contributed by atoms with E-state index in [1.54, 1.807) is 57.9 Å². The van der Waals surface area contributed by atoms with Gasteiger partial charge in [0.05, 0.1) is 33.3 Å². The molecule has 4 aromatic rings. The Kier molecular flexibility index (Phi) is 8.61. The maximum atomic E-state index is 12.4. The van der Waals surface area contributed by atoms with Crippen molar-refractivity contribution >= 4 is 30.0 Å². The second-order valence-electron chi connectivity index (χ2n) is 7.37. The van der Waals surface area contributed by atoms with Crippen molar-refractivity contribution in [2.24, 2.45) is 5.10 Å². The zero-order chi connectivity index (χ0) is 26.0. The first-order valence-corrected chi connectivity index (χ1v) is 12.1. The van der Waals surface area contributed by atoms with Crippen LogP contribution in [0.15, 0.2) is 81.6 Å². The van der Waals surface area contributed by atoms with Gasteiger partial charge in [-0.1, -0.05) is 30.0 Å². The fraction of sp³-hybridized carbons (Fsp3) is 0.154. The molecule has 0 aliphatic carbocycles. The lowest BCUT2D eigenvalue weighted by Gasteiger charge is -2.15. The average molecular weight is 520 g/mol. The number of benzene rings is 2. The lowest BCUT2D eigenvalue weighted by atomic mass is 10.1. The highest BCUT2D eigenvalue weighted by Gasteiger charge is 2.21. The molecule has 1 amide bonds. The van der Waals surface area contributed by atoms with E-state index >= 15 is 0 Å². The van der Waals surface area contributed by atoms with Crippen LogP contribution in [0.3, 0.4) is 0 Å². The van der Waals surface area contributed by atoms with Crippen LogP contribution < -0.4 is 19.6 Å². The Hall–Kier alpha value is -4.51. The number of thioether (sulfide) groups is 1. The number of allylic oxidation sites excluding steroid dienone is 1. The molecule has 0 aliphatic heterocycles. The molecule has 190 valence electrons. The Morgan fingerprint density at radius 3 is 2.46 bits per heavy atom. The normalized spacial score (nSPS) is 11.2. The minimum Gasteiger partial charge on any atom is -0.493 e. The van der Waals surface area contributed by atoms with Crippen molar-refractivity contribution in [2.75, 3.05) is 27.1 Å². The summed E-state index contributed by atoms with van der Waals surface area (Å²) >= 11 is 1.24. The number of nitrogens with zero attached hydrogens (tertiary/aromatic N) is 4. The molecule has 1 N–H and O–H groups in total. The van der Waals surface area contributed by atoms with E-state index in [1.807, 2.05) is 41.0 Å². The molecule has 2 aromatic carbocycles. The largest absolute Gasteiger partial charge is 0.493 e. The van der Waals surface area contributed by atoms with Gasteiger partial charge < -0.3 is 18.6 Å². The molecule has 0 radical (unpaired) electrons. The summed E-state index contributed by atoms with van der Waals surface area (Å²) in [7, 11) is 4.65. The third-order valence-electron chi connectivity index (χ3n) is 5.06. The SMILES string of the molecule is COc1cc(-c2nnc(SCC(=O)N/N=C\C=C\c3ccco3)n2-c2ccccc2)cc(OC)c1OC. The molecule has 0 atom stereocenters. The summed E-state index contributed by atoms with van der Waals surface area (Å²) < 4.78 is 23.5. The number of carbonyl (C=O) groups is 1. The maximum Gasteiger partial charge on any atom is 0.250 e. The molecular formula is C26H25N5O5S. The van der Waals surface area contributed by atoms with Crippen LogP contribution in [-0.2, 0) is 4.79 Å². The number of hydrazone groups is 1. The number of furan rings is 1. The fourth-order valence-corrected chi connectivity index (χ4v) is 4.15. The summed E-state index contributed by atoms with van der Waals surface area (Å²) in [4.78, 5) is 12.4. The number of methoxy groups -OCH3 is 3. The molecule has 10 nitrogen and oxygen atoms in total. The minimum absolute atomic E-state index is 0.0828. The van der Waals surface area contributed by atoms with Crippen LogP contribution in [0.1, 0.15) is 5.76 Å². The summed E-state index contributed by atoms with van der Waals surface area (Å²) in [6.45, 7) is 0. The lowest BCUT2D eigenvalue weighted by molar-refractivity contribution is -0.118. The third kappa shape index (κ3) is 6.19. The Balaban J connectivity index is 1.55. The molecule has 2 heterocycles. The van der Waals surface area contributed by atoms with Crippen molar-refractivity contribution < 1.29 is 23.4 Å². The number of nitrogens with one attached hydrogen (secondary N) is 1. The Morgan fingerprint density at radius 2 is 1.81 bits per heavy atom. The summed E-state index contributed by atoms with van der Waals surface area (Å²) in [6.07, 6.45) is 6.45. The smallest absolute Gasteiger partial charge is 0.250 e. The zero-order valence-corrected chi connectivity index (χ0v) is 21.3. The van der Waals surface area contributed by atoms with Crippen LogP contribution in [0.25, 0.3) is 23.2 Å². The Morgan fingerprint density at radius 1 is 1.05 bits per heavy atom. The van der Waals surface area contributed by atoms with Crippen LogP contribution in [0.2, 0.25) is 0 Å². The topological polar surface area (TPSA) is 113 Å². The third-order valence-corrected chi connectivity index (χ3v) is 5.99. The number of rotatable bonds is 11. The van der Waals surface area contributed by atoms with Crippen molar-refractivity contribution in [3.05, 3.63) is 72.7 Å². The first-order valence-electron chi connectivity index (χ1n) is 11.1. The molecule has 0 bridgehead atoms. The molecule has 37 heavy (non-hydrogen) atoms. The van der Waals surface area contributed by atoms with Gasteiger partial charge in [-0.05, 0) is 48.6 Å². The molecule has 0 aliphatic rings. The highest BCUT2D eigenvalue weighted by Crippen LogP contribution is 2.41. The highest BCUT2D eigenvalue weighted by atomic mass is 32.2. The van der Waals surface area contributed by atoms with Gasteiger partial charge in [0.2, 0.25) is 5.75 Å². The molecular weight excluding hydrogens is 494 g/mol. The van der Waals surface area contributed by atoms with Gasteiger partial charge in [-0.15, -0.1) is 10.2 Å². The first-order chi connectivity index (χ1) is 18.1. The second kappa shape index (κ2) is 12.5. The van der Waals surface area contributed by atoms with Gasteiger partial charge in [0.1, 0.15) is 5.76 Å². The van der Waals surface area contributed by atoms with Crippen molar-refractivity contribution in [1.82, 2.24) is 20.2 Å². The number of para-hydroxylation sites is 1. The number of ether oxygens (including phenoxy) is 3. The van der Waals surface area contributed by atoms with E-state index in [2.05, 4.69) is 20.7 Å². The van der Waals surface area contributed by atoms with Gasteiger partial charge in [0, 0.05) is 17.5 Å². The van der Waals surface area contributed by atoms with E-state index in [9.17, 15) is 4.79 Å². The lowest BCUT2D eigenvalue weighted by Crippen LogP contribution is -2.19. The molecule has 11 heteroatoms. The van der Waals surface area contributed by atoms with Crippen molar-refractivity contribution in [3.63, 3.8) is 0 Å². The van der Waals surface area contributed by atoms with Crippen LogP contribution in [0, 0.1) is 0 Å². The predicted octanol–water partition coefficient (Wildman–Crippen LogP) is 4.46. The van der Waals surface area contributed by atoms with E-state index in [4.69, 9.17) is 18.6 Å². The van der Waals surface area contributed by atoms with Gasteiger partial charge >= 0.3 is 0 Å². The van der Waals surface area contributed by atoms with Gasteiger partial charge in [-0.2, -0.15) is 5.10 Å². The van der Waals surface area contributed by atoms with Gasteiger partial charge in [-0.25, -0.2) is 5.43 Å². The Bertz CT molecular complexity index is 1360. The highest BCUT2D eigenvalue weighted by molar-refractivity contribution is 7.99. The van der Waals surface area contributed by atoms with Crippen LogP contribution in [-0.4, -0.2) is 54.0 Å². The Labute approximate surface area is 217 Å². The minimum atomic E-state index is -0.287. The second-order valence-corrected chi connectivity index (χ2v) is 8.31. The number of hydrogen-bond acceptors (Lipinski definition) is 9. The molecule has 0 saturated heterocycles. The van der Waals surface area contributed by atoms with Gasteiger partial charge in [-0.3, -0.25) is 9.36 Å². The van der Waals surface area contributed by atoms with Crippen LogP contribution in [0.5, 0.6) is 17.2 Å². The zero-order valence-electron chi connectivity index (χ0n) is 20.5. The first kappa shape index (κ1) is 25.6. The summed E-state index contributed by atoms with van der Waals surface area (Å²) in [5.74, 6) is 2.50. The van der Waals surface area contributed by atoms with Gasteiger partial charge in [0.25, 0.3) is 5.91 Å². The molecule has 0 unspecified atom stereocenters. The number of amides is 1. The quantitative estimate of drug-likeness (QED) is 0.176. The molecule has 4 rings (SSSR count). The summed E-state index contributed by atoms with van der Waals surface area (Å²) in [5, 5.41) is 13.2. The fourth-order valence-electron chi connectivity index (χ4n) is 3.41. The van der Waals surface area contributed by atoms with Crippen LogP contribution >= 0.6 is 11.8 Å². The van der Waals surface area contributed by atoms with Crippen molar-refractivity contribution in [2.45, 2.75) is 5.16 Å². The summed E-state index contributed by atoms with van der Waals surface area (Å²) in [5.41, 5.74) is 4.03. The van der Waals surface area contributed by atoms with Crippen LogP contribution in [0.4, 0.5) is 0 Å². The molecule has 0 spiro atoms. The number of hydrogen-bond donors (Lipinski definition) is 1. The van der Waals surface area contributed by atoms with E-state index in [0.29, 0.717) is 39.6 Å². The predicted molar refractivity (Wildman–Crippen MR) is 142 cm³/mol. The van der Waals surface area contributed by atoms with Crippen molar-refractivity contribution in [1.29, 1.82) is 0 Å². The number of carbonyl (C=O) groups excluding carboxylic acids is 1. The van der Waals surface area contributed by atoms with E-state index in [0.717, 1.165) is 5.69 Å². The van der Waals surface area contributed by atoms with E-state index in [1.165, 1.54) is 18.0 Å². The summed E-state index contributed by atoms with van der Waals surface area (Å²) in [6, 6.07) is 16.8. The standard InChI is InChI=1S/C26H25N5O5S/c1-33-21-15-18(16-22(34-2)24(21)35-3)25-29-30-26(31(25)19-9-5-4-6-10-19)37-17-23(32)28-27-13-7-11-20-12-8-14-36-20/h4-16H,17H2,1-3H3,(H,28,32)/b11-7+,27-13-. The number of aromatic nitrogens is 3. The molecule has 0 saturated carbocycles. The van der Waals surface area contributed by atoms with Crippen molar-refractivity contribution in [3.8, 4) is 34.3 Å². The maximum absolute atomic E-state index is 12.4. The molecule has 2 aromatic heterocycles. The molecule has 0 fully saturated rings.